The summed E-state index contributed by atoms with van der Waals surface area (Å²) in [4.78, 5) is 6.68. The summed E-state index contributed by atoms with van der Waals surface area (Å²) >= 11 is 0. The minimum atomic E-state index is 0.512. The lowest BCUT2D eigenvalue weighted by molar-refractivity contribution is 0.410. The molecule has 2 rings (SSSR count). The average molecular weight is 219 g/mol. The first-order valence-electron chi connectivity index (χ1n) is 6.07. The number of anilines is 1. The molecule has 0 bridgehead atoms. The van der Waals surface area contributed by atoms with Crippen LogP contribution in [-0.2, 0) is 0 Å². The second-order valence-corrected chi connectivity index (χ2v) is 4.74. The molecule has 1 aromatic heterocycles. The number of nitrogens with zero attached hydrogens (tertiary/aromatic N) is 2. The molecule has 3 nitrogen and oxygen atoms in total. The SMILES string of the molecule is Cc1nc(N(C)C)ccc1[C@@H]1CCCCN1. The minimum absolute atomic E-state index is 0.512. The van der Waals surface area contributed by atoms with Gasteiger partial charge in [-0.05, 0) is 37.9 Å². The van der Waals surface area contributed by atoms with Crippen LogP contribution in [0.2, 0.25) is 0 Å². The van der Waals surface area contributed by atoms with Crippen molar-refractivity contribution in [2.24, 2.45) is 0 Å². The molecule has 0 saturated carbocycles. The maximum atomic E-state index is 4.63. The van der Waals surface area contributed by atoms with Crippen molar-refractivity contribution in [3.8, 4) is 0 Å². The average Bonchev–Trinajstić information content (AvgIpc) is 2.30. The largest absolute Gasteiger partial charge is 0.363 e. The van der Waals surface area contributed by atoms with Gasteiger partial charge in [0.1, 0.15) is 5.82 Å². The van der Waals surface area contributed by atoms with E-state index in [9.17, 15) is 0 Å². The van der Waals surface area contributed by atoms with Crippen LogP contribution >= 0.6 is 0 Å². The zero-order valence-electron chi connectivity index (χ0n) is 10.5. The molecule has 88 valence electrons. The molecule has 0 spiro atoms. The number of nitrogens with one attached hydrogen (secondary N) is 1. The van der Waals surface area contributed by atoms with Crippen LogP contribution in [0.4, 0.5) is 5.82 Å². The van der Waals surface area contributed by atoms with Crippen LogP contribution in [0.5, 0.6) is 0 Å². The van der Waals surface area contributed by atoms with Crippen LogP contribution in [0, 0.1) is 6.92 Å². The summed E-state index contributed by atoms with van der Waals surface area (Å²) in [7, 11) is 4.06. The van der Waals surface area contributed by atoms with Gasteiger partial charge in [0.15, 0.2) is 0 Å². The van der Waals surface area contributed by atoms with E-state index in [1.165, 1.54) is 24.8 Å². The van der Waals surface area contributed by atoms with E-state index in [4.69, 9.17) is 0 Å². The third-order valence-electron chi connectivity index (χ3n) is 3.26. The Kier molecular flexibility index (Phi) is 3.44. The summed E-state index contributed by atoms with van der Waals surface area (Å²) in [6.45, 7) is 3.25. The van der Waals surface area contributed by atoms with E-state index < -0.39 is 0 Å². The van der Waals surface area contributed by atoms with Crippen molar-refractivity contribution in [3.63, 3.8) is 0 Å². The summed E-state index contributed by atoms with van der Waals surface area (Å²) in [5, 5.41) is 3.57. The highest BCUT2D eigenvalue weighted by Gasteiger charge is 2.17. The fourth-order valence-corrected chi connectivity index (χ4v) is 2.29. The minimum Gasteiger partial charge on any atom is -0.363 e. The van der Waals surface area contributed by atoms with E-state index >= 15 is 0 Å². The van der Waals surface area contributed by atoms with Gasteiger partial charge in [-0.2, -0.15) is 0 Å². The Labute approximate surface area is 97.9 Å². The Morgan fingerprint density at radius 3 is 2.69 bits per heavy atom. The molecule has 1 aliphatic heterocycles. The van der Waals surface area contributed by atoms with Crippen LogP contribution in [0.15, 0.2) is 12.1 Å². The maximum absolute atomic E-state index is 4.63. The topological polar surface area (TPSA) is 28.2 Å². The highest BCUT2D eigenvalue weighted by molar-refractivity contribution is 5.40. The van der Waals surface area contributed by atoms with Crippen molar-refractivity contribution >= 4 is 5.82 Å². The Balaban J connectivity index is 2.21. The third-order valence-corrected chi connectivity index (χ3v) is 3.26. The molecule has 0 radical (unpaired) electrons. The standard InChI is InChI=1S/C13H21N3/c1-10-11(12-6-4-5-9-14-12)7-8-13(15-10)16(2)3/h7-8,12,14H,4-6,9H2,1-3H3/t12-/m0/s1. The summed E-state index contributed by atoms with van der Waals surface area (Å²) < 4.78 is 0. The Hall–Kier alpha value is -1.09. The fraction of sp³-hybridized carbons (Fsp3) is 0.615. The van der Waals surface area contributed by atoms with Crippen molar-refractivity contribution < 1.29 is 0 Å². The number of pyridine rings is 1. The van der Waals surface area contributed by atoms with Crippen LogP contribution in [0.1, 0.15) is 36.6 Å². The Morgan fingerprint density at radius 1 is 1.31 bits per heavy atom. The Bertz CT molecular complexity index is 354. The molecule has 0 aliphatic carbocycles. The van der Waals surface area contributed by atoms with Gasteiger partial charge in [0, 0.05) is 25.8 Å². The van der Waals surface area contributed by atoms with E-state index in [-0.39, 0.29) is 0 Å². The molecule has 3 heteroatoms. The molecule has 0 amide bonds. The molecule has 16 heavy (non-hydrogen) atoms. The van der Waals surface area contributed by atoms with Crippen LogP contribution in [0.25, 0.3) is 0 Å². The Morgan fingerprint density at radius 2 is 2.12 bits per heavy atom. The zero-order chi connectivity index (χ0) is 11.5. The highest BCUT2D eigenvalue weighted by Crippen LogP contribution is 2.25. The second-order valence-electron chi connectivity index (χ2n) is 4.74. The van der Waals surface area contributed by atoms with Crippen molar-refractivity contribution in [3.05, 3.63) is 23.4 Å². The predicted molar refractivity (Wildman–Crippen MR) is 67.9 cm³/mol. The fourth-order valence-electron chi connectivity index (χ4n) is 2.29. The summed E-state index contributed by atoms with van der Waals surface area (Å²) in [6, 6.07) is 4.84. The first-order valence-corrected chi connectivity index (χ1v) is 6.07. The number of hydrogen-bond donors (Lipinski definition) is 1. The van der Waals surface area contributed by atoms with Crippen molar-refractivity contribution in [2.75, 3.05) is 25.5 Å². The molecule has 1 N–H and O–H groups in total. The molecule has 1 aliphatic rings. The molecule has 2 heterocycles. The molecular formula is C13H21N3. The number of aryl methyl sites for hydroxylation is 1. The van der Waals surface area contributed by atoms with Crippen LogP contribution in [-0.4, -0.2) is 25.6 Å². The summed E-state index contributed by atoms with van der Waals surface area (Å²) in [5.74, 6) is 1.04. The van der Waals surface area contributed by atoms with Gasteiger partial charge < -0.3 is 10.2 Å². The predicted octanol–water partition coefficient (Wildman–Crippen LogP) is 2.27. The number of piperidine rings is 1. The van der Waals surface area contributed by atoms with Gasteiger partial charge in [-0.3, -0.25) is 0 Å². The van der Waals surface area contributed by atoms with Crippen LogP contribution < -0.4 is 10.2 Å². The van der Waals surface area contributed by atoms with Gasteiger partial charge >= 0.3 is 0 Å². The normalized spacial score (nSPS) is 20.8. The zero-order valence-corrected chi connectivity index (χ0v) is 10.5. The number of hydrogen-bond acceptors (Lipinski definition) is 3. The van der Waals surface area contributed by atoms with E-state index in [1.54, 1.807) is 0 Å². The second kappa shape index (κ2) is 4.83. The molecule has 1 saturated heterocycles. The van der Waals surface area contributed by atoms with E-state index in [0.29, 0.717) is 6.04 Å². The lowest BCUT2D eigenvalue weighted by Crippen LogP contribution is -2.27. The van der Waals surface area contributed by atoms with Gasteiger partial charge in [-0.25, -0.2) is 4.98 Å². The molecule has 1 atom stereocenters. The van der Waals surface area contributed by atoms with E-state index in [1.807, 2.05) is 19.0 Å². The highest BCUT2D eigenvalue weighted by atomic mass is 15.1. The molecule has 0 aromatic carbocycles. The quantitative estimate of drug-likeness (QED) is 0.827. The molecule has 0 unspecified atom stereocenters. The maximum Gasteiger partial charge on any atom is 0.128 e. The molecular weight excluding hydrogens is 198 g/mol. The van der Waals surface area contributed by atoms with Crippen molar-refractivity contribution in [2.45, 2.75) is 32.2 Å². The lowest BCUT2D eigenvalue weighted by Gasteiger charge is -2.25. The third kappa shape index (κ3) is 2.35. The van der Waals surface area contributed by atoms with Crippen LogP contribution in [0.3, 0.4) is 0 Å². The van der Waals surface area contributed by atoms with E-state index in [2.05, 4.69) is 29.4 Å². The summed E-state index contributed by atoms with van der Waals surface area (Å²) in [5.41, 5.74) is 2.52. The van der Waals surface area contributed by atoms with Gasteiger partial charge in [-0.1, -0.05) is 12.5 Å². The molecule has 1 aromatic rings. The van der Waals surface area contributed by atoms with Gasteiger partial charge in [-0.15, -0.1) is 0 Å². The van der Waals surface area contributed by atoms with Crippen molar-refractivity contribution in [1.29, 1.82) is 0 Å². The first-order chi connectivity index (χ1) is 7.68. The smallest absolute Gasteiger partial charge is 0.128 e. The van der Waals surface area contributed by atoms with Gasteiger partial charge in [0.2, 0.25) is 0 Å². The van der Waals surface area contributed by atoms with Crippen molar-refractivity contribution in [1.82, 2.24) is 10.3 Å². The van der Waals surface area contributed by atoms with Gasteiger partial charge in [0.05, 0.1) is 0 Å². The monoisotopic (exact) mass is 219 g/mol. The van der Waals surface area contributed by atoms with Gasteiger partial charge in [0.25, 0.3) is 0 Å². The number of rotatable bonds is 2. The summed E-state index contributed by atoms with van der Waals surface area (Å²) in [6.07, 6.45) is 3.87. The lowest BCUT2D eigenvalue weighted by atomic mass is 9.96. The van der Waals surface area contributed by atoms with E-state index in [0.717, 1.165) is 18.1 Å². The number of aromatic nitrogens is 1. The first kappa shape index (κ1) is 11.4. The molecule has 1 fully saturated rings.